The Kier molecular flexibility index (Phi) is 57.3. The van der Waals surface area contributed by atoms with Crippen molar-refractivity contribution < 1.29 is 28.6 Å². The molecule has 0 aromatic rings. The number of allylic oxidation sites excluding steroid dienone is 14. The van der Waals surface area contributed by atoms with Crippen molar-refractivity contribution in [3.8, 4) is 0 Å². The predicted molar refractivity (Wildman–Crippen MR) is 311 cm³/mol. The minimum Gasteiger partial charge on any atom is -0.462 e. The van der Waals surface area contributed by atoms with Crippen molar-refractivity contribution in [3.63, 3.8) is 0 Å². The molecule has 0 bridgehead atoms. The van der Waals surface area contributed by atoms with Gasteiger partial charge in [0.2, 0.25) is 0 Å². The summed E-state index contributed by atoms with van der Waals surface area (Å²) in [5.41, 5.74) is 0. The van der Waals surface area contributed by atoms with Crippen molar-refractivity contribution in [1.82, 2.24) is 0 Å². The van der Waals surface area contributed by atoms with E-state index in [2.05, 4.69) is 106 Å². The molecular formula is C66H114O6. The summed E-state index contributed by atoms with van der Waals surface area (Å²) in [6, 6.07) is 0. The zero-order valence-corrected chi connectivity index (χ0v) is 47.4. The first-order chi connectivity index (χ1) is 35.5. The van der Waals surface area contributed by atoms with Crippen molar-refractivity contribution in [2.45, 2.75) is 303 Å². The van der Waals surface area contributed by atoms with Crippen LogP contribution < -0.4 is 0 Å². The predicted octanol–water partition coefficient (Wildman–Crippen LogP) is 20.7. The summed E-state index contributed by atoms with van der Waals surface area (Å²) in [4.78, 5) is 38.1. The summed E-state index contributed by atoms with van der Waals surface area (Å²) in [7, 11) is 0. The molecule has 414 valence electrons. The van der Waals surface area contributed by atoms with Gasteiger partial charge in [-0.3, -0.25) is 14.4 Å². The lowest BCUT2D eigenvalue weighted by atomic mass is 10.0. The van der Waals surface area contributed by atoms with Crippen LogP contribution in [0.1, 0.15) is 297 Å². The van der Waals surface area contributed by atoms with Gasteiger partial charge in [0.05, 0.1) is 0 Å². The molecule has 0 aromatic carbocycles. The van der Waals surface area contributed by atoms with Crippen LogP contribution in [0.15, 0.2) is 85.1 Å². The molecular weight excluding hydrogens is 889 g/mol. The molecule has 1 unspecified atom stereocenters. The Morgan fingerprint density at radius 3 is 0.847 bits per heavy atom. The van der Waals surface area contributed by atoms with Gasteiger partial charge in [0.15, 0.2) is 6.10 Å². The molecule has 72 heavy (non-hydrogen) atoms. The number of carbonyl (C=O) groups excluding carboxylic acids is 3. The standard InChI is InChI=1S/C66H114O6/c1-4-7-10-13-16-19-21-23-25-27-29-31-33-35-36-38-40-42-44-47-50-53-56-59-65(68)71-62-63(61-70-64(67)58-55-52-49-46-18-15-12-9-6-3)72-66(69)60-57-54-51-48-45-43-41-39-37-34-32-30-28-26-24-22-20-17-14-11-8-5-2/h7,10,16,19,23,25,29,31,35-36,40,42,47,50,63H,4-6,8-9,11-15,17-18,20-22,24,26-28,30,32-34,37-39,41,43-46,48-49,51-62H2,1-3H3/b10-7-,19-16-,25-23-,31-29-,36-35-,42-40-,50-47-. The average molecular weight is 1000 g/mol. The van der Waals surface area contributed by atoms with E-state index in [9.17, 15) is 14.4 Å². The maximum Gasteiger partial charge on any atom is 0.306 e. The van der Waals surface area contributed by atoms with E-state index in [1.54, 1.807) is 0 Å². The minimum absolute atomic E-state index is 0.0913. The van der Waals surface area contributed by atoms with Gasteiger partial charge in [0.1, 0.15) is 13.2 Å². The van der Waals surface area contributed by atoms with Crippen LogP contribution in [0.25, 0.3) is 0 Å². The topological polar surface area (TPSA) is 78.9 Å². The van der Waals surface area contributed by atoms with Gasteiger partial charge >= 0.3 is 17.9 Å². The lowest BCUT2D eigenvalue weighted by molar-refractivity contribution is -0.167. The van der Waals surface area contributed by atoms with Gasteiger partial charge in [-0.05, 0) is 70.6 Å². The number of hydrogen-bond donors (Lipinski definition) is 0. The molecule has 6 heteroatoms. The second kappa shape index (κ2) is 60.1. The Morgan fingerprint density at radius 1 is 0.292 bits per heavy atom. The molecule has 0 rings (SSSR count). The fourth-order valence-corrected chi connectivity index (χ4v) is 8.61. The summed E-state index contributed by atoms with van der Waals surface area (Å²) in [6.45, 7) is 6.49. The molecule has 0 aliphatic rings. The lowest BCUT2D eigenvalue weighted by Crippen LogP contribution is -2.30. The highest BCUT2D eigenvalue weighted by Crippen LogP contribution is 2.17. The second-order valence-electron chi connectivity index (χ2n) is 20.2. The van der Waals surface area contributed by atoms with Gasteiger partial charge in [0.25, 0.3) is 0 Å². The first-order valence-corrected chi connectivity index (χ1v) is 30.6. The normalized spacial score (nSPS) is 12.7. The van der Waals surface area contributed by atoms with E-state index in [0.29, 0.717) is 19.3 Å². The molecule has 0 saturated carbocycles. The van der Waals surface area contributed by atoms with E-state index in [-0.39, 0.29) is 37.5 Å². The Labute approximate surface area is 445 Å². The molecule has 0 amide bonds. The number of carbonyl (C=O) groups is 3. The summed E-state index contributed by atoms with van der Waals surface area (Å²) in [5, 5.41) is 0. The maximum atomic E-state index is 12.9. The van der Waals surface area contributed by atoms with Crippen LogP contribution in [0.2, 0.25) is 0 Å². The van der Waals surface area contributed by atoms with Crippen LogP contribution in [0, 0.1) is 0 Å². The van der Waals surface area contributed by atoms with Crippen molar-refractivity contribution >= 4 is 17.9 Å². The number of esters is 3. The van der Waals surface area contributed by atoms with Crippen molar-refractivity contribution in [2.75, 3.05) is 13.2 Å². The molecule has 0 aliphatic carbocycles. The molecule has 0 spiro atoms. The van der Waals surface area contributed by atoms with E-state index in [1.807, 2.05) is 0 Å². The first kappa shape index (κ1) is 68.6. The van der Waals surface area contributed by atoms with Gasteiger partial charge in [-0.15, -0.1) is 0 Å². The van der Waals surface area contributed by atoms with Crippen molar-refractivity contribution in [1.29, 1.82) is 0 Å². The second-order valence-corrected chi connectivity index (χ2v) is 20.2. The third kappa shape index (κ3) is 57.5. The zero-order valence-electron chi connectivity index (χ0n) is 47.4. The minimum atomic E-state index is -0.797. The summed E-state index contributed by atoms with van der Waals surface area (Å²) < 4.78 is 16.8. The van der Waals surface area contributed by atoms with Gasteiger partial charge in [-0.2, -0.15) is 0 Å². The maximum absolute atomic E-state index is 12.9. The van der Waals surface area contributed by atoms with Gasteiger partial charge in [-0.1, -0.05) is 292 Å². The largest absolute Gasteiger partial charge is 0.462 e. The smallest absolute Gasteiger partial charge is 0.306 e. The lowest BCUT2D eigenvalue weighted by Gasteiger charge is -2.18. The van der Waals surface area contributed by atoms with E-state index in [0.717, 1.165) is 89.9 Å². The SMILES string of the molecule is CC/C=C\C/C=C\C/C=C\C/C=C\C/C=C\C/C=C\C/C=C\CCCC(=O)OCC(COC(=O)CCCCCCCCCCC)OC(=O)CCCCCCCCCCCCCCCCCCCCCCCC. The molecule has 0 saturated heterocycles. The highest BCUT2D eigenvalue weighted by molar-refractivity contribution is 5.71. The Morgan fingerprint density at radius 2 is 0.542 bits per heavy atom. The van der Waals surface area contributed by atoms with Crippen LogP contribution in [-0.4, -0.2) is 37.2 Å². The zero-order chi connectivity index (χ0) is 52.2. The monoisotopic (exact) mass is 1000 g/mol. The molecule has 0 aliphatic heterocycles. The molecule has 6 nitrogen and oxygen atoms in total. The summed E-state index contributed by atoms with van der Waals surface area (Å²) in [6.07, 6.45) is 78.9. The fraction of sp³-hybridized carbons (Fsp3) is 0.742. The Bertz CT molecular complexity index is 1380. The van der Waals surface area contributed by atoms with Crippen LogP contribution in [0.5, 0.6) is 0 Å². The third-order valence-electron chi connectivity index (χ3n) is 13.2. The fourth-order valence-electron chi connectivity index (χ4n) is 8.61. The van der Waals surface area contributed by atoms with E-state index in [4.69, 9.17) is 14.2 Å². The Balaban J connectivity index is 4.32. The van der Waals surface area contributed by atoms with E-state index < -0.39 is 6.10 Å². The van der Waals surface area contributed by atoms with Gasteiger partial charge in [-0.25, -0.2) is 0 Å². The van der Waals surface area contributed by atoms with E-state index >= 15 is 0 Å². The van der Waals surface area contributed by atoms with Crippen LogP contribution >= 0.6 is 0 Å². The Hall–Kier alpha value is -3.41. The number of rotatable bonds is 55. The third-order valence-corrected chi connectivity index (χ3v) is 13.2. The quantitative estimate of drug-likeness (QED) is 0.0261. The van der Waals surface area contributed by atoms with Crippen LogP contribution in [-0.2, 0) is 28.6 Å². The van der Waals surface area contributed by atoms with Crippen LogP contribution in [0.3, 0.4) is 0 Å². The van der Waals surface area contributed by atoms with Crippen molar-refractivity contribution in [2.24, 2.45) is 0 Å². The summed E-state index contributed by atoms with van der Waals surface area (Å²) in [5.74, 6) is -0.945. The number of ether oxygens (including phenoxy) is 3. The first-order valence-electron chi connectivity index (χ1n) is 30.6. The van der Waals surface area contributed by atoms with Gasteiger partial charge < -0.3 is 14.2 Å². The molecule has 1 atom stereocenters. The van der Waals surface area contributed by atoms with Crippen molar-refractivity contribution in [3.05, 3.63) is 85.1 Å². The average Bonchev–Trinajstić information content (AvgIpc) is 3.38. The molecule has 0 radical (unpaired) electrons. The van der Waals surface area contributed by atoms with E-state index in [1.165, 1.54) is 161 Å². The molecule has 0 heterocycles. The number of hydrogen-bond acceptors (Lipinski definition) is 6. The number of unbranched alkanes of at least 4 members (excludes halogenated alkanes) is 30. The van der Waals surface area contributed by atoms with Crippen LogP contribution in [0.4, 0.5) is 0 Å². The molecule has 0 fully saturated rings. The molecule has 0 N–H and O–H groups in total. The summed E-state index contributed by atoms with van der Waals surface area (Å²) >= 11 is 0. The van der Waals surface area contributed by atoms with Gasteiger partial charge in [0, 0.05) is 19.3 Å². The highest BCUT2D eigenvalue weighted by Gasteiger charge is 2.19. The highest BCUT2D eigenvalue weighted by atomic mass is 16.6. The molecule has 0 aromatic heterocycles.